The van der Waals surface area contributed by atoms with Crippen LogP contribution in [0.1, 0.15) is 45.5 Å². The van der Waals surface area contributed by atoms with Crippen LogP contribution in [-0.2, 0) is 24.7 Å². The SMILES string of the molecule is CC1=C2c3occc3C1[Si]2(C)C.CC1=Cc2c(-c3ccccc3)cccc2[CH]1[Zr+2].[Cl-].[Cl-]. The Morgan fingerprint density at radius 3 is 2.23 bits per heavy atom. The maximum atomic E-state index is 5.51. The van der Waals surface area contributed by atoms with Gasteiger partial charge in [-0.3, -0.25) is 0 Å². The fourth-order valence-electron chi connectivity index (χ4n) is 5.53. The third-order valence-electron chi connectivity index (χ3n) is 6.79. The van der Waals surface area contributed by atoms with Crippen LogP contribution >= 0.6 is 0 Å². The molecule has 0 amide bonds. The van der Waals surface area contributed by atoms with E-state index in [-0.39, 0.29) is 24.8 Å². The van der Waals surface area contributed by atoms with E-state index in [0.29, 0.717) is 3.63 Å². The Labute approximate surface area is 213 Å². The van der Waals surface area contributed by atoms with Crippen LogP contribution in [0, 0.1) is 0 Å². The Hall–Kier alpha value is -1.12. The van der Waals surface area contributed by atoms with Crippen LogP contribution in [0.25, 0.3) is 22.4 Å². The first-order chi connectivity index (χ1) is 13.9. The standard InChI is InChI=1S/C16H13.C10H12OSi.2ClH.Zr/c1-12-10-14-8-5-9-15(16(14)11-12)13-6-3-2-4-7-13;1-6-9-7-4-5-11-8(7)10(6)12(9,2)3;;;/h2-11H,1H3;4-5,9H,1-3H3;2*1H;/q;;;;+2/p-2. The normalized spacial score (nSPS) is 20.9. The van der Waals surface area contributed by atoms with Gasteiger partial charge in [0.25, 0.3) is 0 Å². The predicted molar refractivity (Wildman–Crippen MR) is 120 cm³/mol. The van der Waals surface area contributed by atoms with E-state index in [1.165, 1.54) is 39.2 Å². The molecule has 3 heterocycles. The molecule has 7 rings (SSSR count). The maximum absolute atomic E-state index is 5.51. The topological polar surface area (TPSA) is 13.1 Å². The Morgan fingerprint density at radius 1 is 0.871 bits per heavy atom. The van der Waals surface area contributed by atoms with E-state index in [4.69, 9.17) is 4.42 Å². The third kappa shape index (κ3) is 3.72. The van der Waals surface area contributed by atoms with Crippen molar-refractivity contribution in [3.8, 4) is 11.1 Å². The van der Waals surface area contributed by atoms with Gasteiger partial charge in [-0.2, -0.15) is 0 Å². The molecule has 2 bridgehead atoms. The van der Waals surface area contributed by atoms with Crippen LogP contribution in [0.5, 0.6) is 0 Å². The van der Waals surface area contributed by atoms with E-state index in [9.17, 15) is 0 Å². The van der Waals surface area contributed by atoms with E-state index in [1.807, 2.05) is 6.26 Å². The first kappa shape index (κ1) is 24.5. The van der Waals surface area contributed by atoms with Gasteiger partial charge < -0.3 is 29.2 Å². The predicted octanol–water partition coefficient (Wildman–Crippen LogP) is 1.32. The van der Waals surface area contributed by atoms with Gasteiger partial charge in [-0.25, -0.2) is 0 Å². The van der Waals surface area contributed by atoms with Crippen molar-refractivity contribution < 1.29 is 54.0 Å². The van der Waals surface area contributed by atoms with Crippen molar-refractivity contribution in [1.82, 2.24) is 0 Å². The van der Waals surface area contributed by atoms with Gasteiger partial charge in [0, 0.05) is 11.1 Å². The van der Waals surface area contributed by atoms with Crippen molar-refractivity contribution in [3.05, 3.63) is 94.5 Å². The number of benzene rings is 2. The molecule has 3 aromatic rings. The summed E-state index contributed by atoms with van der Waals surface area (Å²) < 4.78 is 6.17. The summed E-state index contributed by atoms with van der Waals surface area (Å²) in [5.41, 5.74) is 11.0. The Kier molecular flexibility index (Phi) is 7.14. The van der Waals surface area contributed by atoms with Crippen molar-refractivity contribution in [1.29, 1.82) is 0 Å². The van der Waals surface area contributed by atoms with Crippen LogP contribution in [-0.4, -0.2) is 8.07 Å². The molecule has 4 aliphatic rings. The van der Waals surface area contributed by atoms with Crippen molar-refractivity contribution in [2.45, 2.75) is 36.1 Å². The molecular weight excluding hydrogens is 519 g/mol. The van der Waals surface area contributed by atoms with Crippen molar-refractivity contribution in [3.63, 3.8) is 0 Å². The van der Waals surface area contributed by atoms with Crippen LogP contribution in [0.2, 0.25) is 13.1 Å². The fraction of sp³-hybridized carbons (Fsp3) is 0.231. The van der Waals surface area contributed by atoms with Gasteiger partial charge in [-0.1, -0.05) is 18.7 Å². The van der Waals surface area contributed by atoms with Crippen molar-refractivity contribution in [2.75, 3.05) is 0 Å². The zero-order chi connectivity index (χ0) is 20.3. The monoisotopic (exact) mass is 541 g/mol. The second-order valence-electron chi connectivity index (χ2n) is 8.91. The Balaban J connectivity index is 0.000000173. The van der Waals surface area contributed by atoms with Gasteiger partial charge in [-0.05, 0) is 18.2 Å². The van der Waals surface area contributed by atoms with E-state index < -0.39 is 8.07 Å². The summed E-state index contributed by atoms with van der Waals surface area (Å²) in [6.45, 7) is 9.38. The van der Waals surface area contributed by atoms with E-state index in [1.54, 1.807) is 35.5 Å². The van der Waals surface area contributed by atoms with E-state index >= 15 is 0 Å². The molecule has 2 aliphatic heterocycles. The molecule has 31 heavy (non-hydrogen) atoms. The first-order valence-corrected chi connectivity index (χ1v) is 14.8. The minimum Gasteiger partial charge on any atom is -1.00 e. The van der Waals surface area contributed by atoms with Crippen molar-refractivity contribution in [2.24, 2.45) is 0 Å². The molecule has 1 nitrogen and oxygen atoms in total. The summed E-state index contributed by atoms with van der Waals surface area (Å²) in [6, 6.07) is 19.5. The zero-order valence-corrected chi connectivity index (χ0v) is 23.1. The molecule has 1 aromatic heterocycles. The largest absolute Gasteiger partial charge is 1.00 e. The summed E-state index contributed by atoms with van der Waals surface area (Å²) >= 11 is 1.58. The molecule has 0 spiro atoms. The number of rotatable bonds is 1. The minimum absolute atomic E-state index is 0. The molecule has 0 fully saturated rings. The second kappa shape index (κ2) is 9.02. The van der Waals surface area contributed by atoms with Gasteiger partial charge in [0.15, 0.2) is 0 Å². The minimum atomic E-state index is -1.08. The molecule has 157 valence electrons. The van der Waals surface area contributed by atoms with Crippen LogP contribution in [0.4, 0.5) is 0 Å². The molecule has 2 aromatic carbocycles. The van der Waals surface area contributed by atoms with Gasteiger partial charge in [-0.15, -0.1) is 0 Å². The van der Waals surface area contributed by atoms with Gasteiger partial charge in [0.2, 0.25) is 0 Å². The second-order valence-corrected chi connectivity index (χ2v) is 14.9. The molecule has 0 N–H and O–H groups in total. The maximum Gasteiger partial charge on any atom is -1.00 e. The quantitative estimate of drug-likeness (QED) is 0.422. The summed E-state index contributed by atoms with van der Waals surface area (Å²) in [5, 5.41) is 1.59. The molecule has 2 aliphatic carbocycles. The number of fused-ring (bicyclic) bond motifs is 1. The van der Waals surface area contributed by atoms with E-state index in [2.05, 4.69) is 87.6 Å². The molecule has 2 atom stereocenters. The van der Waals surface area contributed by atoms with Crippen LogP contribution in [0.3, 0.4) is 0 Å². The van der Waals surface area contributed by atoms with Crippen molar-refractivity contribution >= 4 is 19.3 Å². The number of furan rings is 1. The zero-order valence-electron chi connectivity index (χ0n) is 18.2. The smallest absolute Gasteiger partial charge is 1.00 e. The third-order valence-corrected chi connectivity index (χ3v) is 12.8. The average molecular weight is 544 g/mol. The number of halogens is 2. The molecule has 0 saturated carbocycles. The molecule has 0 radical (unpaired) electrons. The Morgan fingerprint density at radius 2 is 1.58 bits per heavy atom. The Bertz CT molecular complexity index is 1180. The molecule has 5 heteroatoms. The van der Waals surface area contributed by atoms with Gasteiger partial charge in [0.05, 0.1) is 14.3 Å². The molecule has 0 saturated heterocycles. The summed E-state index contributed by atoms with van der Waals surface area (Å²) in [4.78, 5) is 0. The number of hydrogen-bond donors (Lipinski definition) is 0. The van der Waals surface area contributed by atoms with Crippen LogP contribution in [0.15, 0.2) is 76.4 Å². The van der Waals surface area contributed by atoms with E-state index in [0.717, 1.165) is 5.54 Å². The molecule has 2 unspecified atom stereocenters. The average Bonchev–Trinajstić information content (AvgIpc) is 3.40. The van der Waals surface area contributed by atoms with Gasteiger partial charge in [0.1, 0.15) is 5.76 Å². The number of hydrogen-bond acceptors (Lipinski definition) is 1. The summed E-state index contributed by atoms with van der Waals surface area (Å²) in [5.74, 6) is 1.22. The fourth-order valence-corrected chi connectivity index (χ4v) is 10.6. The molecular formula is C26H25Cl2OSiZr. The number of allylic oxidation sites excluding steroid dienone is 2. The van der Waals surface area contributed by atoms with Gasteiger partial charge >= 0.3 is 118 Å². The summed E-state index contributed by atoms with van der Waals surface area (Å²) in [7, 11) is -1.08. The summed E-state index contributed by atoms with van der Waals surface area (Å²) in [6.07, 6.45) is 4.19. The first-order valence-electron chi connectivity index (χ1n) is 10.3. The van der Waals surface area contributed by atoms with Crippen LogP contribution < -0.4 is 24.8 Å².